The number of aromatic nitrogens is 2. The van der Waals surface area contributed by atoms with Crippen LogP contribution >= 0.6 is 15.9 Å². The molecular weight excluding hydrogens is 290 g/mol. The predicted molar refractivity (Wildman–Crippen MR) is 76.4 cm³/mol. The van der Waals surface area contributed by atoms with Crippen molar-refractivity contribution in [3.8, 4) is 0 Å². The third kappa shape index (κ3) is 1.77. The Kier molecular flexibility index (Phi) is 2.70. The molecule has 2 aliphatic carbocycles. The van der Waals surface area contributed by atoms with E-state index in [0.29, 0.717) is 16.9 Å². The van der Waals surface area contributed by atoms with Gasteiger partial charge in [0.05, 0.1) is 4.47 Å². The summed E-state index contributed by atoms with van der Waals surface area (Å²) >= 11 is 3.37. The number of nitrogens with one attached hydrogen (secondary N) is 1. The monoisotopic (exact) mass is 309 g/mol. The molecule has 3 nitrogen and oxygen atoms in total. The SMILES string of the molecule is CC12CCC(C1)C(C)(C)C2Nc1ncc(Br)cn1. The zero-order valence-corrected chi connectivity index (χ0v) is 12.8. The quantitative estimate of drug-likeness (QED) is 0.901. The molecule has 2 aliphatic rings. The highest BCUT2D eigenvalue weighted by molar-refractivity contribution is 9.10. The molecule has 3 rings (SSSR count). The number of halogens is 1. The zero-order chi connectivity index (χ0) is 13.0. The molecule has 0 spiro atoms. The fourth-order valence-corrected chi connectivity index (χ4v) is 4.38. The molecule has 3 atom stereocenters. The van der Waals surface area contributed by atoms with Gasteiger partial charge in [0.25, 0.3) is 0 Å². The summed E-state index contributed by atoms with van der Waals surface area (Å²) in [6, 6.07) is 0.477. The summed E-state index contributed by atoms with van der Waals surface area (Å²) in [7, 11) is 0. The van der Waals surface area contributed by atoms with Gasteiger partial charge in [0.15, 0.2) is 0 Å². The lowest BCUT2D eigenvalue weighted by Gasteiger charge is -2.43. The molecule has 1 heterocycles. The molecule has 98 valence electrons. The molecular formula is C14H20BrN3. The highest BCUT2D eigenvalue weighted by Gasteiger charge is 2.59. The van der Waals surface area contributed by atoms with Gasteiger partial charge in [-0.2, -0.15) is 0 Å². The standard InChI is InChI=1S/C14H20BrN3/c1-13(2)9-4-5-14(3,6-9)11(13)18-12-16-7-10(15)8-17-12/h7-9,11H,4-6H2,1-3H3,(H,16,17,18). The summed E-state index contributed by atoms with van der Waals surface area (Å²) in [6.45, 7) is 7.19. The van der Waals surface area contributed by atoms with Crippen LogP contribution < -0.4 is 5.32 Å². The molecule has 1 aromatic heterocycles. The molecule has 18 heavy (non-hydrogen) atoms. The van der Waals surface area contributed by atoms with E-state index in [1.54, 1.807) is 12.4 Å². The van der Waals surface area contributed by atoms with Gasteiger partial charge in [0.2, 0.25) is 5.95 Å². The first kappa shape index (κ1) is 12.4. The lowest BCUT2D eigenvalue weighted by atomic mass is 9.68. The Morgan fingerprint density at radius 1 is 1.28 bits per heavy atom. The van der Waals surface area contributed by atoms with E-state index in [0.717, 1.165) is 16.3 Å². The van der Waals surface area contributed by atoms with Crippen molar-refractivity contribution in [1.29, 1.82) is 0 Å². The Labute approximate surface area is 117 Å². The number of hydrogen-bond donors (Lipinski definition) is 1. The number of hydrogen-bond acceptors (Lipinski definition) is 3. The largest absolute Gasteiger partial charge is 0.350 e. The van der Waals surface area contributed by atoms with Crippen LogP contribution in [0.3, 0.4) is 0 Å². The molecule has 2 saturated carbocycles. The minimum atomic E-state index is 0.337. The highest BCUT2D eigenvalue weighted by atomic mass is 79.9. The smallest absolute Gasteiger partial charge is 0.222 e. The van der Waals surface area contributed by atoms with Crippen LogP contribution in [-0.2, 0) is 0 Å². The van der Waals surface area contributed by atoms with Crippen molar-refractivity contribution in [3.05, 3.63) is 16.9 Å². The second kappa shape index (κ2) is 3.92. The van der Waals surface area contributed by atoms with Crippen molar-refractivity contribution in [2.75, 3.05) is 5.32 Å². The number of fused-ring (bicyclic) bond motifs is 2. The molecule has 0 radical (unpaired) electrons. The average Bonchev–Trinajstić information content (AvgIpc) is 2.78. The Morgan fingerprint density at radius 2 is 1.94 bits per heavy atom. The van der Waals surface area contributed by atoms with E-state index in [4.69, 9.17) is 0 Å². The van der Waals surface area contributed by atoms with E-state index in [2.05, 4.69) is 52.0 Å². The maximum Gasteiger partial charge on any atom is 0.222 e. The van der Waals surface area contributed by atoms with Crippen LogP contribution in [0.25, 0.3) is 0 Å². The van der Waals surface area contributed by atoms with Gasteiger partial charge in [-0.15, -0.1) is 0 Å². The molecule has 1 N–H and O–H groups in total. The summed E-state index contributed by atoms with van der Waals surface area (Å²) in [5.74, 6) is 1.60. The van der Waals surface area contributed by atoms with Crippen LogP contribution in [0.2, 0.25) is 0 Å². The molecule has 3 unspecified atom stereocenters. The summed E-state index contributed by atoms with van der Waals surface area (Å²) in [5.41, 5.74) is 0.744. The van der Waals surface area contributed by atoms with Gasteiger partial charge in [0, 0.05) is 18.4 Å². The maximum atomic E-state index is 4.35. The molecule has 0 amide bonds. The Hall–Kier alpha value is -0.640. The van der Waals surface area contributed by atoms with Crippen LogP contribution in [-0.4, -0.2) is 16.0 Å². The van der Waals surface area contributed by atoms with Gasteiger partial charge in [0.1, 0.15) is 0 Å². The van der Waals surface area contributed by atoms with Crippen LogP contribution in [0.1, 0.15) is 40.0 Å². The van der Waals surface area contributed by atoms with E-state index < -0.39 is 0 Å². The van der Waals surface area contributed by atoms with Crippen molar-refractivity contribution in [2.45, 2.75) is 46.1 Å². The van der Waals surface area contributed by atoms with E-state index in [1.165, 1.54) is 19.3 Å². The molecule has 0 aliphatic heterocycles. The highest BCUT2D eigenvalue weighted by Crippen LogP contribution is 2.62. The molecule has 2 bridgehead atoms. The van der Waals surface area contributed by atoms with Crippen molar-refractivity contribution >= 4 is 21.9 Å². The molecule has 1 aromatic rings. The first-order chi connectivity index (χ1) is 8.42. The van der Waals surface area contributed by atoms with Gasteiger partial charge in [-0.25, -0.2) is 9.97 Å². The van der Waals surface area contributed by atoms with Gasteiger partial charge < -0.3 is 5.32 Å². The fourth-order valence-electron chi connectivity index (χ4n) is 4.18. The van der Waals surface area contributed by atoms with Crippen molar-refractivity contribution in [3.63, 3.8) is 0 Å². The minimum absolute atomic E-state index is 0.337. The van der Waals surface area contributed by atoms with Crippen LogP contribution in [0.5, 0.6) is 0 Å². The van der Waals surface area contributed by atoms with E-state index in [9.17, 15) is 0 Å². The fraction of sp³-hybridized carbons (Fsp3) is 0.714. The zero-order valence-electron chi connectivity index (χ0n) is 11.2. The minimum Gasteiger partial charge on any atom is -0.350 e. The van der Waals surface area contributed by atoms with Crippen molar-refractivity contribution in [2.24, 2.45) is 16.7 Å². The van der Waals surface area contributed by atoms with Gasteiger partial charge in [-0.3, -0.25) is 0 Å². The second-order valence-corrected chi connectivity index (χ2v) is 7.63. The molecule has 0 saturated heterocycles. The molecule has 2 fully saturated rings. The lowest BCUT2D eigenvalue weighted by molar-refractivity contribution is 0.155. The van der Waals surface area contributed by atoms with Gasteiger partial charge >= 0.3 is 0 Å². The van der Waals surface area contributed by atoms with E-state index >= 15 is 0 Å². The third-order valence-corrected chi connectivity index (χ3v) is 5.57. The average molecular weight is 310 g/mol. The van der Waals surface area contributed by atoms with Crippen molar-refractivity contribution < 1.29 is 0 Å². The number of nitrogens with zero attached hydrogens (tertiary/aromatic N) is 2. The van der Waals surface area contributed by atoms with Gasteiger partial charge in [-0.1, -0.05) is 20.8 Å². The normalized spacial score (nSPS) is 36.9. The molecule has 4 heteroatoms. The Bertz CT molecular complexity index is 452. The first-order valence-corrected chi connectivity index (χ1v) is 7.45. The van der Waals surface area contributed by atoms with Crippen LogP contribution in [0.15, 0.2) is 16.9 Å². The first-order valence-electron chi connectivity index (χ1n) is 6.66. The lowest BCUT2D eigenvalue weighted by Crippen LogP contribution is -2.46. The third-order valence-electron chi connectivity index (χ3n) is 5.16. The number of rotatable bonds is 2. The second-order valence-electron chi connectivity index (χ2n) is 6.72. The predicted octanol–water partition coefficient (Wildman–Crippen LogP) is 3.87. The van der Waals surface area contributed by atoms with Crippen LogP contribution in [0, 0.1) is 16.7 Å². The van der Waals surface area contributed by atoms with Crippen LogP contribution in [0.4, 0.5) is 5.95 Å². The summed E-state index contributed by atoms with van der Waals surface area (Å²) < 4.78 is 0.923. The molecule has 0 aromatic carbocycles. The maximum absolute atomic E-state index is 4.35. The Morgan fingerprint density at radius 3 is 2.50 bits per heavy atom. The summed E-state index contributed by atoms with van der Waals surface area (Å²) in [6.07, 6.45) is 7.65. The summed E-state index contributed by atoms with van der Waals surface area (Å²) in [4.78, 5) is 8.71. The Balaban J connectivity index is 1.86. The van der Waals surface area contributed by atoms with Gasteiger partial charge in [-0.05, 0) is 51.9 Å². The van der Waals surface area contributed by atoms with E-state index in [-0.39, 0.29) is 0 Å². The van der Waals surface area contributed by atoms with E-state index in [1.807, 2.05) is 0 Å². The topological polar surface area (TPSA) is 37.8 Å². The van der Waals surface area contributed by atoms with Crippen molar-refractivity contribution in [1.82, 2.24) is 9.97 Å². The number of anilines is 1. The summed E-state index contributed by atoms with van der Waals surface area (Å²) in [5, 5.41) is 3.59.